The topological polar surface area (TPSA) is 97.5 Å². The fourth-order valence-corrected chi connectivity index (χ4v) is 1.94. The Balaban J connectivity index is 2.09. The van der Waals surface area contributed by atoms with Gasteiger partial charge in [-0.3, -0.25) is 4.79 Å². The first-order valence-corrected chi connectivity index (χ1v) is 6.95. The Morgan fingerprint density at radius 1 is 1.52 bits per heavy atom. The van der Waals surface area contributed by atoms with Crippen LogP contribution in [0.5, 0.6) is 0 Å². The smallest absolute Gasteiger partial charge is 0.340 e. The molecule has 21 heavy (non-hydrogen) atoms. The SMILES string of the molecule is CCOC(=O)c1ccnc(N(C)CC(=O)NC2CC2)c1N. The number of esters is 1. The molecule has 1 saturated carbocycles. The summed E-state index contributed by atoms with van der Waals surface area (Å²) < 4.78 is 4.94. The zero-order valence-electron chi connectivity index (χ0n) is 12.3. The average Bonchev–Trinajstić information content (AvgIpc) is 3.22. The third-order valence-corrected chi connectivity index (χ3v) is 3.15. The van der Waals surface area contributed by atoms with Crippen LogP contribution in [0.25, 0.3) is 0 Å². The van der Waals surface area contributed by atoms with Crippen LogP contribution < -0.4 is 16.0 Å². The second kappa shape index (κ2) is 6.43. The van der Waals surface area contributed by atoms with Crippen molar-refractivity contribution in [2.24, 2.45) is 0 Å². The van der Waals surface area contributed by atoms with Gasteiger partial charge in [0.25, 0.3) is 0 Å². The van der Waals surface area contributed by atoms with Crippen LogP contribution in [0.2, 0.25) is 0 Å². The molecule has 1 fully saturated rings. The molecule has 1 amide bonds. The van der Waals surface area contributed by atoms with Crippen LogP contribution in [0.1, 0.15) is 30.1 Å². The number of carbonyl (C=O) groups excluding carboxylic acids is 2. The van der Waals surface area contributed by atoms with E-state index in [0.29, 0.717) is 11.9 Å². The lowest BCUT2D eigenvalue weighted by atomic mass is 10.2. The lowest BCUT2D eigenvalue weighted by Gasteiger charge is -2.20. The molecule has 0 aliphatic heterocycles. The number of likely N-dealkylation sites (N-methyl/N-ethyl adjacent to an activating group) is 1. The van der Waals surface area contributed by atoms with Crippen molar-refractivity contribution in [1.29, 1.82) is 0 Å². The fraction of sp³-hybridized carbons (Fsp3) is 0.500. The third-order valence-electron chi connectivity index (χ3n) is 3.15. The Bertz CT molecular complexity index is 543. The zero-order valence-corrected chi connectivity index (χ0v) is 12.3. The Morgan fingerprint density at radius 3 is 2.86 bits per heavy atom. The number of rotatable bonds is 6. The summed E-state index contributed by atoms with van der Waals surface area (Å²) in [4.78, 5) is 29.3. The van der Waals surface area contributed by atoms with Crippen molar-refractivity contribution in [2.45, 2.75) is 25.8 Å². The number of nitrogens with zero attached hydrogens (tertiary/aromatic N) is 2. The number of pyridine rings is 1. The van der Waals surface area contributed by atoms with Gasteiger partial charge in [-0.25, -0.2) is 9.78 Å². The molecule has 1 aliphatic carbocycles. The van der Waals surface area contributed by atoms with Crippen LogP contribution in [0.4, 0.5) is 11.5 Å². The summed E-state index contributed by atoms with van der Waals surface area (Å²) in [5.41, 5.74) is 6.45. The average molecular weight is 292 g/mol. The molecule has 0 spiro atoms. The van der Waals surface area contributed by atoms with Gasteiger partial charge in [-0.1, -0.05) is 0 Å². The van der Waals surface area contributed by atoms with Crippen molar-refractivity contribution >= 4 is 23.4 Å². The van der Waals surface area contributed by atoms with E-state index >= 15 is 0 Å². The first-order chi connectivity index (χ1) is 10.0. The van der Waals surface area contributed by atoms with E-state index in [-0.39, 0.29) is 30.3 Å². The maximum Gasteiger partial charge on any atom is 0.340 e. The highest BCUT2D eigenvalue weighted by Gasteiger charge is 2.24. The van der Waals surface area contributed by atoms with Gasteiger partial charge in [0.2, 0.25) is 5.91 Å². The van der Waals surface area contributed by atoms with Crippen molar-refractivity contribution in [3.63, 3.8) is 0 Å². The van der Waals surface area contributed by atoms with E-state index in [2.05, 4.69) is 10.3 Å². The summed E-state index contributed by atoms with van der Waals surface area (Å²) >= 11 is 0. The van der Waals surface area contributed by atoms with Crippen LogP contribution in [0.3, 0.4) is 0 Å². The molecule has 1 aromatic heterocycles. The summed E-state index contributed by atoms with van der Waals surface area (Å²) in [5.74, 6) is -0.177. The second-order valence-corrected chi connectivity index (χ2v) is 5.01. The zero-order chi connectivity index (χ0) is 15.4. The van der Waals surface area contributed by atoms with Gasteiger partial charge in [0.1, 0.15) is 0 Å². The Hall–Kier alpha value is -2.31. The van der Waals surface area contributed by atoms with Crippen LogP contribution in [0.15, 0.2) is 12.3 Å². The van der Waals surface area contributed by atoms with Gasteiger partial charge >= 0.3 is 5.97 Å². The van der Waals surface area contributed by atoms with Crippen molar-refractivity contribution in [2.75, 3.05) is 30.8 Å². The molecule has 3 N–H and O–H groups in total. The molecule has 0 radical (unpaired) electrons. The van der Waals surface area contributed by atoms with Crippen LogP contribution in [0, 0.1) is 0 Å². The van der Waals surface area contributed by atoms with Gasteiger partial charge in [0.15, 0.2) is 5.82 Å². The number of anilines is 2. The number of aromatic nitrogens is 1. The number of hydrogen-bond acceptors (Lipinski definition) is 6. The number of nitrogen functional groups attached to an aromatic ring is 1. The quantitative estimate of drug-likeness (QED) is 0.743. The number of carbonyl (C=O) groups is 2. The number of nitrogens with two attached hydrogens (primary N) is 1. The van der Waals surface area contributed by atoms with E-state index in [4.69, 9.17) is 10.5 Å². The number of hydrogen-bond donors (Lipinski definition) is 2. The molecule has 0 atom stereocenters. The highest BCUT2D eigenvalue weighted by Crippen LogP contribution is 2.24. The first kappa shape index (κ1) is 15.1. The standard InChI is InChI=1S/C14H20N4O3/c1-3-21-14(20)10-6-7-16-13(12(10)15)18(2)8-11(19)17-9-4-5-9/h6-7,9H,3-5,8,15H2,1-2H3,(H,17,19). The molecule has 7 heteroatoms. The largest absolute Gasteiger partial charge is 0.462 e. The first-order valence-electron chi connectivity index (χ1n) is 6.95. The minimum absolute atomic E-state index is 0.0808. The summed E-state index contributed by atoms with van der Waals surface area (Å²) in [7, 11) is 1.71. The molecule has 0 bridgehead atoms. The lowest BCUT2D eigenvalue weighted by Crippen LogP contribution is -2.37. The van der Waals surface area contributed by atoms with E-state index in [1.165, 1.54) is 12.3 Å². The Kier molecular flexibility index (Phi) is 4.62. The maximum atomic E-state index is 11.8. The predicted molar refractivity (Wildman–Crippen MR) is 79.0 cm³/mol. The van der Waals surface area contributed by atoms with Crippen LogP contribution >= 0.6 is 0 Å². The molecule has 0 aromatic carbocycles. The van der Waals surface area contributed by atoms with Gasteiger partial charge in [-0.15, -0.1) is 0 Å². The summed E-state index contributed by atoms with van der Waals surface area (Å²) in [6, 6.07) is 1.82. The van der Waals surface area contributed by atoms with E-state index < -0.39 is 5.97 Å². The number of nitrogens with one attached hydrogen (secondary N) is 1. The molecule has 2 rings (SSSR count). The normalized spacial score (nSPS) is 13.6. The molecular weight excluding hydrogens is 272 g/mol. The number of amides is 1. The highest BCUT2D eigenvalue weighted by atomic mass is 16.5. The second-order valence-electron chi connectivity index (χ2n) is 5.01. The fourth-order valence-electron chi connectivity index (χ4n) is 1.94. The summed E-state index contributed by atoms with van der Waals surface area (Å²) in [6.07, 6.45) is 3.55. The van der Waals surface area contributed by atoms with Crippen molar-refractivity contribution in [3.8, 4) is 0 Å². The predicted octanol–water partition coefficient (Wildman–Crippen LogP) is 0.555. The molecule has 0 saturated heterocycles. The van der Waals surface area contributed by atoms with Crippen molar-refractivity contribution in [3.05, 3.63) is 17.8 Å². The minimum Gasteiger partial charge on any atom is -0.462 e. The van der Waals surface area contributed by atoms with Crippen LogP contribution in [-0.2, 0) is 9.53 Å². The molecule has 7 nitrogen and oxygen atoms in total. The summed E-state index contributed by atoms with van der Waals surface area (Å²) in [6.45, 7) is 2.14. The van der Waals surface area contributed by atoms with Crippen molar-refractivity contribution in [1.82, 2.24) is 10.3 Å². The molecule has 1 aromatic rings. The maximum absolute atomic E-state index is 11.8. The monoisotopic (exact) mass is 292 g/mol. The lowest BCUT2D eigenvalue weighted by molar-refractivity contribution is -0.119. The summed E-state index contributed by atoms with van der Waals surface area (Å²) in [5, 5.41) is 2.89. The van der Waals surface area contributed by atoms with Gasteiger partial charge in [-0.2, -0.15) is 0 Å². The van der Waals surface area contributed by atoms with Gasteiger partial charge in [0, 0.05) is 19.3 Å². The van der Waals surface area contributed by atoms with E-state index in [0.717, 1.165) is 12.8 Å². The number of ether oxygens (including phenoxy) is 1. The van der Waals surface area contributed by atoms with Crippen molar-refractivity contribution < 1.29 is 14.3 Å². The minimum atomic E-state index is -0.491. The molecule has 0 unspecified atom stereocenters. The van der Waals surface area contributed by atoms with Gasteiger partial charge in [-0.05, 0) is 25.8 Å². The third kappa shape index (κ3) is 3.84. The van der Waals surface area contributed by atoms with Gasteiger partial charge < -0.3 is 20.7 Å². The Labute approximate surface area is 123 Å². The molecular formula is C14H20N4O3. The van der Waals surface area contributed by atoms with Crippen LogP contribution in [-0.4, -0.2) is 43.1 Å². The highest BCUT2D eigenvalue weighted by molar-refractivity contribution is 5.98. The van der Waals surface area contributed by atoms with Gasteiger partial charge in [0.05, 0.1) is 24.4 Å². The molecule has 1 heterocycles. The van der Waals surface area contributed by atoms with E-state index in [9.17, 15) is 9.59 Å². The molecule has 114 valence electrons. The molecule has 1 aliphatic rings. The van der Waals surface area contributed by atoms with E-state index in [1.807, 2.05) is 0 Å². The Morgan fingerprint density at radius 2 is 2.24 bits per heavy atom. The van der Waals surface area contributed by atoms with E-state index in [1.54, 1.807) is 18.9 Å².